The first-order valence-corrected chi connectivity index (χ1v) is 6.51. The van der Waals surface area contributed by atoms with Gasteiger partial charge in [0.1, 0.15) is 0 Å². The van der Waals surface area contributed by atoms with Crippen molar-refractivity contribution in [3.8, 4) is 0 Å². The van der Waals surface area contributed by atoms with Gasteiger partial charge < -0.3 is 4.84 Å². The SMILES string of the molecule is CC(=O)ON1C(c2cc3ccccc3s2)=NNN1C. The van der Waals surface area contributed by atoms with E-state index >= 15 is 0 Å². The van der Waals surface area contributed by atoms with E-state index in [1.54, 1.807) is 18.4 Å². The molecular formula is C12H12N4O2S. The van der Waals surface area contributed by atoms with Crippen LogP contribution in [0.2, 0.25) is 0 Å². The Morgan fingerprint density at radius 2 is 2.21 bits per heavy atom. The third-order valence-corrected chi connectivity index (χ3v) is 3.73. The number of nitrogens with zero attached hydrogens (tertiary/aromatic N) is 3. The van der Waals surface area contributed by atoms with E-state index in [0.717, 1.165) is 15.0 Å². The number of rotatable bonds is 2. The number of thiophene rings is 1. The number of hydrazone groups is 1. The van der Waals surface area contributed by atoms with Crippen molar-refractivity contribution in [3.05, 3.63) is 35.2 Å². The first kappa shape index (κ1) is 11.9. The molecule has 1 aromatic carbocycles. The van der Waals surface area contributed by atoms with Crippen LogP contribution in [0.4, 0.5) is 0 Å². The molecule has 0 saturated carbocycles. The molecule has 1 N–H and O–H groups in total. The number of amidine groups is 1. The standard InChI is InChI=1S/C12H12N4O2S/c1-8(17)18-16-12(13-14-15(16)2)11-7-9-5-3-4-6-10(9)19-11/h3-7,14H,1-2H3. The van der Waals surface area contributed by atoms with Crippen LogP contribution in [-0.4, -0.2) is 29.1 Å². The zero-order valence-corrected chi connectivity index (χ0v) is 11.3. The Bertz CT molecular complexity index is 634. The smallest absolute Gasteiger partial charge is 0.322 e. The van der Waals surface area contributed by atoms with Crippen LogP contribution in [0.3, 0.4) is 0 Å². The maximum absolute atomic E-state index is 11.1. The predicted octanol–water partition coefficient (Wildman–Crippen LogP) is 1.71. The highest BCUT2D eigenvalue weighted by molar-refractivity contribution is 7.20. The summed E-state index contributed by atoms with van der Waals surface area (Å²) in [6, 6.07) is 10.1. The van der Waals surface area contributed by atoms with Crippen LogP contribution in [-0.2, 0) is 9.63 Å². The Kier molecular flexibility index (Phi) is 2.84. The van der Waals surface area contributed by atoms with E-state index in [1.165, 1.54) is 17.2 Å². The molecule has 6 nitrogen and oxygen atoms in total. The maximum atomic E-state index is 11.1. The quantitative estimate of drug-likeness (QED) is 0.905. The molecule has 0 aliphatic carbocycles. The molecule has 0 spiro atoms. The molecule has 2 aromatic rings. The number of nitrogens with one attached hydrogen (secondary N) is 1. The average molecular weight is 276 g/mol. The number of hydroxylamine groups is 1. The molecule has 0 bridgehead atoms. The Hall–Kier alpha value is -2.12. The number of fused-ring (bicyclic) bond motifs is 1. The van der Waals surface area contributed by atoms with Crippen molar-refractivity contribution in [1.82, 2.24) is 15.8 Å². The minimum atomic E-state index is -0.399. The Labute approximate surface area is 113 Å². The van der Waals surface area contributed by atoms with E-state index in [-0.39, 0.29) is 0 Å². The summed E-state index contributed by atoms with van der Waals surface area (Å²) >= 11 is 1.60. The van der Waals surface area contributed by atoms with Gasteiger partial charge in [-0.25, -0.2) is 10.3 Å². The lowest BCUT2D eigenvalue weighted by molar-refractivity contribution is -0.222. The minimum Gasteiger partial charge on any atom is -0.322 e. The first-order chi connectivity index (χ1) is 9.15. The molecule has 0 saturated heterocycles. The molecular weight excluding hydrogens is 264 g/mol. The van der Waals surface area contributed by atoms with Crippen molar-refractivity contribution >= 4 is 33.2 Å². The fourth-order valence-electron chi connectivity index (χ4n) is 1.81. The average Bonchev–Trinajstić information content (AvgIpc) is 2.93. The number of carbonyl (C=O) groups excluding carboxylic acids is 1. The fraction of sp³-hybridized carbons (Fsp3) is 0.167. The predicted molar refractivity (Wildman–Crippen MR) is 72.9 cm³/mol. The molecule has 0 fully saturated rings. The van der Waals surface area contributed by atoms with Crippen LogP contribution in [0.1, 0.15) is 11.8 Å². The van der Waals surface area contributed by atoms with Crippen LogP contribution in [0.5, 0.6) is 0 Å². The molecule has 1 aliphatic rings. The van der Waals surface area contributed by atoms with Crippen LogP contribution in [0, 0.1) is 0 Å². The van der Waals surface area contributed by atoms with Gasteiger partial charge in [-0.1, -0.05) is 28.5 Å². The molecule has 2 heterocycles. The summed E-state index contributed by atoms with van der Waals surface area (Å²) in [7, 11) is 1.72. The molecule has 7 heteroatoms. The number of hydrogen-bond acceptors (Lipinski definition) is 7. The van der Waals surface area contributed by atoms with Crippen LogP contribution in [0.25, 0.3) is 10.1 Å². The number of hydrazine groups is 2. The third kappa shape index (κ3) is 2.13. The van der Waals surface area contributed by atoms with E-state index in [9.17, 15) is 4.79 Å². The summed E-state index contributed by atoms with van der Waals surface area (Å²) < 4.78 is 1.16. The summed E-state index contributed by atoms with van der Waals surface area (Å²) in [6.07, 6.45) is 0. The maximum Gasteiger partial charge on any atom is 0.331 e. The van der Waals surface area contributed by atoms with Crippen LogP contribution < -0.4 is 5.53 Å². The topological polar surface area (TPSA) is 57.2 Å². The lowest BCUT2D eigenvalue weighted by Gasteiger charge is -2.22. The van der Waals surface area contributed by atoms with Crippen molar-refractivity contribution in [2.45, 2.75) is 6.92 Å². The summed E-state index contributed by atoms with van der Waals surface area (Å²) in [5.74, 6) is 0.170. The highest BCUT2D eigenvalue weighted by Crippen LogP contribution is 2.27. The summed E-state index contributed by atoms with van der Waals surface area (Å²) in [6.45, 7) is 1.36. The van der Waals surface area contributed by atoms with Gasteiger partial charge in [-0.15, -0.1) is 16.4 Å². The second kappa shape index (κ2) is 4.52. The molecule has 1 aliphatic heterocycles. The fourth-order valence-corrected chi connectivity index (χ4v) is 2.84. The third-order valence-electron chi connectivity index (χ3n) is 2.62. The van der Waals surface area contributed by atoms with Gasteiger partial charge in [0.15, 0.2) is 0 Å². The second-order valence-electron chi connectivity index (χ2n) is 4.06. The van der Waals surface area contributed by atoms with Gasteiger partial charge in [-0.3, -0.25) is 0 Å². The van der Waals surface area contributed by atoms with Gasteiger partial charge >= 0.3 is 5.97 Å². The lowest BCUT2D eigenvalue weighted by Crippen LogP contribution is -2.43. The van der Waals surface area contributed by atoms with E-state index in [2.05, 4.69) is 10.6 Å². The van der Waals surface area contributed by atoms with E-state index in [4.69, 9.17) is 4.84 Å². The summed E-state index contributed by atoms with van der Waals surface area (Å²) in [5.41, 5.74) is 2.74. The molecule has 0 radical (unpaired) electrons. The second-order valence-corrected chi connectivity index (χ2v) is 5.15. The molecule has 0 atom stereocenters. The van der Waals surface area contributed by atoms with Gasteiger partial charge in [-0.05, 0) is 17.5 Å². The monoisotopic (exact) mass is 276 g/mol. The van der Waals surface area contributed by atoms with Crippen molar-refractivity contribution in [3.63, 3.8) is 0 Å². The normalized spacial score (nSPS) is 15.5. The summed E-state index contributed by atoms with van der Waals surface area (Å²) in [5, 5.41) is 8.15. The van der Waals surface area contributed by atoms with Gasteiger partial charge in [0.2, 0.25) is 5.84 Å². The van der Waals surface area contributed by atoms with Crippen LogP contribution in [0.15, 0.2) is 35.4 Å². The van der Waals surface area contributed by atoms with Crippen molar-refractivity contribution in [2.24, 2.45) is 5.10 Å². The van der Waals surface area contributed by atoms with Crippen molar-refractivity contribution in [2.75, 3.05) is 7.05 Å². The number of benzene rings is 1. The number of carbonyl (C=O) groups is 1. The van der Waals surface area contributed by atoms with E-state index in [0.29, 0.717) is 5.84 Å². The number of hydrogen-bond donors (Lipinski definition) is 1. The molecule has 3 rings (SSSR count). The van der Waals surface area contributed by atoms with Crippen LogP contribution >= 0.6 is 11.3 Å². The van der Waals surface area contributed by atoms with Gasteiger partial charge in [0, 0.05) is 18.7 Å². The molecule has 0 amide bonds. The highest BCUT2D eigenvalue weighted by Gasteiger charge is 2.28. The minimum absolute atomic E-state index is 0.399. The van der Waals surface area contributed by atoms with Crippen molar-refractivity contribution in [1.29, 1.82) is 0 Å². The van der Waals surface area contributed by atoms with Gasteiger partial charge in [0.05, 0.1) is 4.88 Å². The first-order valence-electron chi connectivity index (χ1n) is 5.70. The highest BCUT2D eigenvalue weighted by atomic mass is 32.1. The lowest BCUT2D eigenvalue weighted by atomic mass is 10.2. The Morgan fingerprint density at radius 3 is 2.95 bits per heavy atom. The Morgan fingerprint density at radius 1 is 1.42 bits per heavy atom. The van der Waals surface area contributed by atoms with Crippen molar-refractivity contribution < 1.29 is 9.63 Å². The molecule has 1 aromatic heterocycles. The molecule has 19 heavy (non-hydrogen) atoms. The zero-order valence-electron chi connectivity index (χ0n) is 10.5. The molecule has 0 unspecified atom stereocenters. The zero-order chi connectivity index (χ0) is 13.4. The summed E-state index contributed by atoms with van der Waals surface area (Å²) in [4.78, 5) is 17.2. The molecule has 98 valence electrons. The Balaban J connectivity index is 1.98. The van der Waals surface area contributed by atoms with E-state index in [1.807, 2.05) is 30.3 Å². The largest absolute Gasteiger partial charge is 0.331 e. The van der Waals surface area contributed by atoms with Gasteiger partial charge in [0.25, 0.3) is 0 Å². The van der Waals surface area contributed by atoms with E-state index < -0.39 is 5.97 Å². The van der Waals surface area contributed by atoms with Gasteiger partial charge in [-0.2, -0.15) is 0 Å².